The summed E-state index contributed by atoms with van der Waals surface area (Å²) in [6.45, 7) is 3.30. The van der Waals surface area contributed by atoms with Crippen LogP contribution in [0.4, 0.5) is 0 Å². The zero-order valence-electron chi connectivity index (χ0n) is 16.7. The molecule has 2 saturated heterocycles. The molecule has 11 heteroatoms. The summed E-state index contributed by atoms with van der Waals surface area (Å²) in [5.41, 5.74) is 5.73. The summed E-state index contributed by atoms with van der Waals surface area (Å²) in [6.07, 6.45) is -0.415. The van der Waals surface area contributed by atoms with Crippen LogP contribution in [-0.4, -0.2) is 98.3 Å². The Labute approximate surface area is 168 Å². The predicted molar refractivity (Wildman–Crippen MR) is 100 cm³/mol. The molecule has 0 aromatic carbocycles. The first-order valence-electron chi connectivity index (χ1n) is 9.82. The highest BCUT2D eigenvalue weighted by molar-refractivity contribution is 5.95. The summed E-state index contributed by atoms with van der Waals surface area (Å²) < 4.78 is 0. The molecule has 0 aromatic rings. The maximum Gasteiger partial charge on any atom is 0.328 e. The first-order chi connectivity index (χ1) is 13.6. The van der Waals surface area contributed by atoms with Crippen LogP contribution in [0.2, 0.25) is 0 Å². The van der Waals surface area contributed by atoms with Crippen molar-refractivity contribution in [1.29, 1.82) is 0 Å². The van der Waals surface area contributed by atoms with Gasteiger partial charge in [-0.15, -0.1) is 0 Å². The van der Waals surface area contributed by atoms with Crippen molar-refractivity contribution in [3.8, 4) is 0 Å². The SMILES string of the molecule is C[C@@H](O)[C@H](N)C(=O)N1CCC[C@@H]1C(=O)N1CCC[C@H]1C(=O)N[C@@H](C(=O)O)[C@@H](C)O. The molecule has 6 atom stereocenters. The highest BCUT2D eigenvalue weighted by atomic mass is 16.4. The Morgan fingerprint density at radius 2 is 1.52 bits per heavy atom. The Bertz CT molecular complexity index is 654. The third kappa shape index (κ3) is 5.03. The number of hydrogen-bond donors (Lipinski definition) is 5. The van der Waals surface area contributed by atoms with E-state index in [-0.39, 0.29) is 0 Å². The fourth-order valence-corrected chi connectivity index (χ4v) is 3.82. The van der Waals surface area contributed by atoms with Gasteiger partial charge in [-0.2, -0.15) is 0 Å². The van der Waals surface area contributed by atoms with E-state index in [0.29, 0.717) is 38.8 Å². The number of aliphatic carboxylic acids is 1. The van der Waals surface area contributed by atoms with E-state index in [0.717, 1.165) is 0 Å². The number of amides is 3. The molecule has 3 amide bonds. The van der Waals surface area contributed by atoms with Gasteiger partial charge in [0.05, 0.1) is 12.2 Å². The topological polar surface area (TPSA) is 173 Å². The van der Waals surface area contributed by atoms with Crippen LogP contribution in [0, 0.1) is 0 Å². The predicted octanol–water partition coefficient (Wildman–Crippen LogP) is -2.37. The van der Waals surface area contributed by atoms with E-state index in [4.69, 9.17) is 10.8 Å². The molecule has 2 aliphatic rings. The van der Waals surface area contributed by atoms with Gasteiger partial charge in [-0.25, -0.2) is 4.79 Å². The lowest BCUT2D eigenvalue weighted by molar-refractivity contribution is -0.149. The van der Waals surface area contributed by atoms with Crippen LogP contribution >= 0.6 is 0 Å². The summed E-state index contributed by atoms with van der Waals surface area (Å²) in [6, 6.07) is -4.25. The molecule has 2 aliphatic heterocycles. The molecule has 11 nitrogen and oxygen atoms in total. The van der Waals surface area contributed by atoms with Crippen molar-refractivity contribution < 1.29 is 34.5 Å². The average Bonchev–Trinajstić information content (AvgIpc) is 3.32. The molecular weight excluding hydrogens is 384 g/mol. The molecule has 164 valence electrons. The number of likely N-dealkylation sites (tertiary alicyclic amines) is 2. The molecule has 0 unspecified atom stereocenters. The van der Waals surface area contributed by atoms with Crippen LogP contribution in [0.15, 0.2) is 0 Å². The largest absolute Gasteiger partial charge is 0.480 e. The van der Waals surface area contributed by atoms with Gasteiger partial charge in [0.2, 0.25) is 17.7 Å². The number of carbonyl (C=O) groups excluding carboxylic acids is 3. The lowest BCUT2D eigenvalue weighted by atomic mass is 10.1. The minimum Gasteiger partial charge on any atom is -0.480 e. The van der Waals surface area contributed by atoms with Gasteiger partial charge in [-0.3, -0.25) is 14.4 Å². The molecule has 0 spiro atoms. The summed E-state index contributed by atoms with van der Waals surface area (Å²) in [4.78, 5) is 52.2. The standard InChI is InChI=1S/C18H30N4O7/c1-9(23)13(19)17(27)22-8-4-6-12(22)16(26)21-7-3-5-11(21)15(25)20-14(10(2)24)18(28)29/h9-14,23-24H,3-8,19H2,1-2H3,(H,20,25)(H,28,29)/t9-,10-,11+,12-,13+,14-/m1/s1. The van der Waals surface area contributed by atoms with E-state index in [1.54, 1.807) is 0 Å². The molecule has 0 aromatic heterocycles. The van der Waals surface area contributed by atoms with Gasteiger partial charge in [0.15, 0.2) is 6.04 Å². The van der Waals surface area contributed by atoms with Gasteiger partial charge >= 0.3 is 5.97 Å². The monoisotopic (exact) mass is 414 g/mol. The summed E-state index contributed by atoms with van der Waals surface area (Å²) >= 11 is 0. The van der Waals surface area contributed by atoms with Crippen molar-refractivity contribution >= 4 is 23.7 Å². The fourth-order valence-electron chi connectivity index (χ4n) is 3.82. The third-order valence-corrected chi connectivity index (χ3v) is 5.51. The number of carboxylic acids is 1. The molecule has 6 N–H and O–H groups in total. The number of rotatable bonds is 7. The number of nitrogens with zero attached hydrogens (tertiary/aromatic N) is 2. The number of nitrogens with one attached hydrogen (secondary N) is 1. The Morgan fingerprint density at radius 3 is 2.03 bits per heavy atom. The normalized spacial score (nSPS) is 26.0. The highest BCUT2D eigenvalue weighted by Gasteiger charge is 2.44. The maximum absolute atomic E-state index is 13.1. The molecule has 2 fully saturated rings. The zero-order valence-corrected chi connectivity index (χ0v) is 16.7. The molecule has 0 aliphatic carbocycles. The van der Waals surface area contributed by atoms with E-state index in [1.807, 2.05) is 0 Å². The molecule has 29 heavy (non-hydrogen) atoms. The Kier molecular flexibility index (Phi) is 7.55. The summed E-state index contributed by atoms with van der Waals surface area (Å²) in [5.74, 6) is -2.93. The average molecular weight is 414 g/mol. The van der Waals surface area contributed by atoms with Crippen molar-refractivity contribution in [2.45, 2.75) is 75.9 Å². The third-order valence-electron chi connectivity index (χ3n) is 5.51. The van der Waals surface area contributed by atoms with Crippen LogP contribution in [0.3, 0.4) is 0 Å². The van der Waals surface area contributed by atoms with Crippen LogP contribution < -0.4 is 11.1 Å². The van der Waals surface area contributed by atoms with Gasteiger partial charge in [0.25, 0.3) is 0 Å². The van der Waals surface area contributed by atoms with Gasteiger partial charge in [0, 0.05) is 13.1 Å². The number of carboxylic acid groups (broad SMARTS) is 1. The molecule has 0 radical (unpaired) electrons. The maximum atomic E-state index is 13.1. The minimum absolute atomic E-state index is 0.310. The van der Waals surface area contributed by atoms with E-state index >= 15 is 0 Å². The molecule has 2 rings (SSSR count). The van der Waals surface area contributed by atoms with Crippen molar-refractivity contribution in [2.75, 3.05) is 13.1 Å². The number of hydrogen-bond acceptors (Lipinski definition) is 7. The fraction of sp³-hybridized carbons (Fsp3) is 0.778. The van der Waals surface area contributed by atoms with Gasteiger partial charge < -0.3 is 36.2 Å². The zero-order chi connectivity index (χ0) is 21.9. The first-order valence-corrected chi connectivity index (χ1v) is 9.82. The molecule has 0 saturated carbocycles. The van der Waals surface area contributed by atoms with Gasteiger partial charge in [-0.1, -0.05) is 0 Å². The van der Waals surface area contributed by atoms with Crippen molar-refractivity contribution in [3.05, 3.63) is 0 Å². The van der Waals surface area contributed by atoms with Crippen molar-refractivity contribution in [3.63, 3.8) is 0 Å². The van der Waals surface area contributed by atoms with Crippen LogP contribution in [0.25, 0.3) is 0 Å². The minimum atomic E-state index is -1.48. The number of aliphatic hydroxyl groups excluding tert-OH is 2. The molecular formula is C18H30N4O7. The molecule has 0 bridgehead atoms. The highest BCUT2D eigenvalue weighted by Crippen LogP contribution is 2.25. The van der Waals surface area contributed by atoms with Crippen molar-refractivity contribution in [1.82, 2.24) is 15.1 Å². The number of nitrogens with two attached hydrogens (primary N) is 1. The smallest absolute Gasteiger partial charge is 0.328 e. The lowest BCUT2D eigenvalue weighted by Gasteiger charge is -2.33. The van der Waals surface area contributed by atoms with Crippen LogP contribution in [0.1, 0.15) is 39.5 Å². The number of carbonyl (C=O) groups is 4. The Hall–Kier alpha value is -2.24. The first kappa shape index (κ1) is 23.0. The van der Waals surface area contributed by atoms with E-state index in [9.17, 15) is 29.4 Å². The van der Waals surface area contributed by atoms with E-state index in [2.05, 4.69) is 5.32 Å². The number of aliphatic hydroxyl groups is 2. The molecule has 2 heterocycles. The lowest BCUT2D eigenvalue weighted by Crippen LogP contribution is -2.58. The van der Waals surface area contributed by atoms with E-state index in [1.165, 1.54) is 23.6 Å². The Balaban J connectivity index is 2.11. The summed E-state index contributed by atoms with van der Waals surface area (Å²) in [5, 5.41) is 30.6. The second kappa shape index (κ2) is 9.51. The quantitative estimate of drug-likeness (QED) is 0.307. The van der Waals surface area contributed by atoms with E-state index < -0.39 is 60.1 Å². The second-order valence-electron chi connectivity index (χ2n) is 7.71. The van der Waals surface area contributed by atoms with Gasteiger partial charge in [0.1, 0.15) is 18.1 Å². The van der Waals surface area contributed by atoms with Gasteiger partial charge in [-0.05, 0) is 39.5 Å². The van der Waals surface area contributed by atoms with Crippen molar-refractivity contribution in [2.24, 2.45) is 5.73 Å². The Morgan fingerprint density at radius 1 is 0.966 bits per heavy atom. The summed E-state index contributed by atoms with van der Waals surface area (Å²) in [7, 11) is 0. The second-order valence-corrected chi connectivity index (χ2v) is 7.71. The van der Waals surface area contributed by atoms with Crippen LogP contribution in [0.5, 0.6) is 0 Å². The van der Waals surface area contributed by atoms with Crippen LogP contribution in [-0.2, 0) is 19.2 Å².